The Balaban J connectivity index is 2.00. The molecule has 2 aliphatic rings. The van der Waals surface area contributed by atoms with Crippen molar-refractivity contribution in [2.45, 2.75) is 39.0 Å². The van der Waals surface area contributed by atoms with E-state index in [-0.39, 0.29) is 0 Å². The summed E-state index contributed by atoms with van der Waals surface area (Å²) in [7, 11) is 0. The molecule has 0 saturated carbocycles. The van der Waals surface area contributed by atoms with E-state index in [0.29, 0.717) is 5.41 Å². The number of likely N-dealkylation sites (tertiary alicyclic amines) is 1. The number of rotatable bonds is 1. The van der Waals surface area contributed by atoms with Gasteiger partial charge in [0.15, 0.2) is 0 Å². The maximum atomic E-state index is 2.63. The molecule has 1 aliphatic heterocycles. The molecule has 1 saturated heterocycles. The van der Waals surface area contributed by atoms with Crippen LogP contribution < -0.4 is 0 Å². The van der Waals surface area contributed by atoms with Gasteiger partial charge < -0.3 is 4.90 Å². The van der Waals surface area contributed by atoms with Gasteiger partial charge in [-0.15, -0.1) is 0 Å². The van der Waals surface area contributed by atoms with Crippen molar-refractivity contribution in [2.75, 3.05) is 19.6 Å². The first kappa shape index (κ1) is 9.26. The summed E-state index contributed by atoms with van der Waals surface area (Å²) in [6.07, 6.45) is 11.7. The molecule has 74 valence electrons. The van der Waals surface area contributed by atoms with Gasteiger partial charge in [0.05, 0.1) is 0 Å². The molecule has 1 fully saturated rings. The summed E-state index contributed by atoms with van der Waals surface area (Å²) in [5.41, 5.74) is 0.670. The van der Waals surface area contributed by atoms with Gasteiger partial charge in [-0.3, -0.25) is 0 Å². The second kappa shape index (κ2) is 3.83. The van der Waals surface area contributed by atoms with Crippen LogP contribution in [0.5, 0.6) is 0 Å². The SMILES string of the molecule is CCN1CCCC2(CC=CCC2)C1. The van der Waals surface area contributed by atoms with Crippen molar-refractivity contribution in [3.05, 3.63) is 12.2 Å². The Morgan fingerprint density at radius 2 is 2.23 bits per heavy atom. The van der Waals surface area contributed by atoms with E-state index in [1.54, 1.807) is 0 Å². The maximum Gasteiger partial charge on any atom is 0.00409 e. The van der Waals surface area contributed by atoms with Gasteiger partial charge in [0.1, 0.15) is 0 Å². The molecule has 0 aromatic carbocycles. The van der Waals surface area contributed by atoms with E-state index in [0.717, 1.165) is 0 Å². The normalized spacial score (nSPS) is 35.5. The van der Waals surface area contributed by atoms with E-state index in [1.165, 1.54) is 51.7 Å². The molecule has 1 heteroatoms. The van der Waals surface area contributed by atoms with Crippen molar-refractivity contribution in [1.82, 2.24) is 4.90 Å². The average molecular weight is 179 g/mol. The predicted octanol–water partition coefficient (Wildman–Crippen LogP) is 2.83. The average Bonchev–Trinajstić information content (AvgIpc) is 2.19. The van der Waals surface area contributed by atoms with Crippen molar-refractivity contribution >= 4 is 0 Å². The van der Waals surface area contributed by atoms with Gasteiger partial charge in [-0.05, 0) is 50.6 Å². The predicted molar refractivity (Wildman–Crippen MR) is 56.8 cm³/mol. The molecular weight excluding hydrogens is 158 g/mol. The van der Waals surface area contributed by atoms with Crippen LogP contribution in [0.1, 0.15) is 39.0 Å². The van der Waals surface area contributed by atoms with Crippen LogP contribution in [0.3, 0.4) is 0 Å². The number of hydrogen-bond acceptors (Lipinski definition) is 1. The third kappa shape index (κ3) is 1.96. The molecule has 0 N–H and O–H groups in total. The number of hydrogen-bond donors (Lipinski definition) is 0. The molecule has 1 aliphatic carbocycles. The summed E-state index contributed by atoms with van der Waals surface area (Å²) < 4.78 is 0. The second-order valence-electron chi connectivity index (χ2n) is 4.69. The fourth-order valence-corrected chi connectivity index (χ4v) is 2.89. The smallest absolute Gasteiger partial charge is 0.00409 e. The fraction of sp³-hybridized carbons (Fsp3) is 0.833. The van der Waals surface area contributed by atoms with E-state index in [1.807, 2.05) is 0 Å². The van der Waals surface area contributed by atoms with Gasteiger partial charge in [0.25, 0.3) is 0 Å². The van der Waals surface area contributed by atoms with Crippen LogP contribution in [-0.2, 0) is 0 Å². The first-order valence-corrected chi connectivity index (χ1v) is 5.72. The van der Waals surface area contributed by atoms with Crippen LogP contribution in [0.2, 0.25) is 0 Å². The summed E-state index contributed by atoms with van der Waals surface area (Å²) in [5.74, 6) is 0. The Labute approximate surface area is 81.8 Å². The summed E-state index contributed by atoms with van der Waals surface area (Å²) in [4.78, 5) is 2.63. The lowest BCUT2D eigenvalue weighted by Gasteiger charge is -2.43. The minimum absolute atomic E-state index is 0.670. The van der Waals surface area contributed by atoms with Crippen LogP contribution in [0, 0.1) is 5.41 Å². The first-order valence-electron chi connectivity index (χ1n) is 5.72. The van der Waals surface area contributed by atoms with Gasteiger partial charge in [0.2, 0.25) is 0 Å². The van der Waals surface area contributed by atoms with Crippen molar-refractivity contribution < 1.29 is 0 Å². The van der Waals surface area contributed by atoms with Gasteiger partial charge in [-0.25, -0.2) is 0 Å². The van der Waals surface area contributed by atoms with Crippen molar-refractivity contribution in [1.29, 1.82) is 0 Å². The molecule has 1 atom stereocenters. The first-order chi connectivity index (χ1) is 6.35. The quantitative estimate of drug-likeness (QED) is 0.559. The Morgan fingerprint density at radius 1 is 1.31 bits per heavy atom. The van der Waals surface area contributed by atoms with Crippen molar-refractivity contribution in [2.24, 2.45) is 5.41 Å². The summed E-state index contributed by atoms with van der Waals surface area (Å²) in [6.45, 7) is 6.22. The van der Waals surface area contributed by atoms with Crippen LogP contribution in [0.4, 0.5) is 0 Å². The van der Waals surface area contributed by atoms with Gasteiger partial charge in [-0.2, -0.15) is 0 Å². The van der Waals surface area contributed by atoms with Gasteiger partial charge in [-0.1, -0.05) is 19.1 Å². The molecular formula is C12H21N. The van der Waals surface area contributed by atoms with E-state index in [2.05, 4.69) is 24.0 Å². The molecule has 0 bridgehead atoms. The topological polar surface area (TPSA) is 3.24 Å². The molecule has 13 heavy (non-hydrogen) atoms. The molecule has 0 aromatic heterocycles. The standard InChI is InChI=1S/C12H21N/c1-2-13-10-6-9-12(11-13)7-4-3-5-8-12/h3-4H,2,5-11H2,1H3. The number of piperidine rings is 1. The molecule has 0 radical (unpaired) electrons. The Bertz CT molecular complexity index is 197. The van der Waals surface area contributed by atoms with Crippen LogP contribution in [0.25, 0.3) is 0 Å². The lowest BCUT2D eigenvalue weighted by Crippen LogP contribution is -2.43. The highest BCUT2D eigenvalue weighted by Gasteiger charge is 2.34. The van der Waals surface area contributed by atoms with E-state index < -0.39 is 0 Å². The third-order valence-electron chi connectivity index (χ3n) is 3.75. The summed E-state index contributed by atoms with van der Waals surface area (Å²) in [5, 5.41) is 0. The highest BCUT2D eigenvalue weighted by Crippen LogP contribution is 2.40. The van der Waals surface area contributed by atoms with Gasteiger partial charge >= 0.3 is 0 Å². The number of allylic oxidation sites excluding steroid dienone is 2. The van der Waals surface area contributed by atoms with Crippen molar-refractivity contribution in [3.63, 3.8) is 0 Å². The third-order valence-corrected chi connectivity index (χ3v) is 3.75. The van der Waals surface area contributed by atoms with Gasteiger partial charge in [0, 0.05) is 6.54 Å². The molecule has 1 heterocycles. The molecule has 1 spiro atoms. The molecule has 1 unspecified atom stereocenters. The Hall–Kier alpha value is -0.300. The van der Waals surface area contributed by atoms with Crippen LogP contribution >= 0.6 is 0 Å². The van der Waals surface area contributed by atoms with E-state index in [4.69, 9.17) is 0 Å². The fourth-order valence-electron chi connectivity index (χ4n) is 2.89. The molecule has 0 amide bonds. The van der Waals surface area contributed by atoms with Crippen molar-refractivity contribution in [3.8, 4) is 0 Å². The zero-order valence-electron chi connectivity index (χ0n) is 8.76. The minimum Gasteiger partial charge on any atom is -0.303 e. The zero-order chi connectivity index (χ0) is 9.15. The Kier molecular flexibility index (Phi) is 2.73. The second-order valence-corrected chi connectivity index (χ2v) is 4.69. The monoisotopic (exact) mass is 179 g/mol. The highest BCUT2D eigenvalue weighted by molar-refractivity contribution is 5.00. The minimum atomic E-state index is 0.670. The number of nitrogens with zero attached hydrogens (tertiary/aromatic N) is 1. The largest absolute Gasteiger partial charge is 0.303 e. The Morgan fingerprint density at radius 3 is 2.92 bits per heavy atom. The molecule has 2 rings (SSSR count). The zero-order valence-corrected chi connectivity index (χ0v) is 8.76. The van der Waals surface area contributed by atoms with E-state index >= 15 is 0 Å². The molecule has 1 nitrogen and oxygen atoms in total. The lowest BCUT2D eigenvalue weighted by molar-refractivity contribution is 0.0833. The summed E-state index contributed by atoms with van der Waals surface area (Å²) >= 11 is 0. The molecule has 0 aromatic rings. The van der Waals surface area contributed by atoms with Crippen LogP contribution in [0.15, 0.2) is 12.2 Å². The maximum absolute atomic E-state index is 2.63. The van der Waals surface area contributed by atoms with E-state index in [9.17, 15) is 0 Å². The highest BCUT2D eigenvalue weighted by atomic mass is 15.1. The lowest BCUT2D eigenvalue weighted by atomic mass is 9.71. The summed E-state index contributed by atoms with van der Waals surface area (Å²) in [6, 6.07) is 0. The van der Waals surface area contributed by atoms with Crippen LogP contribution in [-0.4, -0.2) is 24.5 Å².